The van der Waals surface area contributed by atoms with Gasteiger partial charge in [-0.05, 0) is 45.4 Å². The molecule has 4 heteroatoms. The van der Waals surface area contributed by atoms with E-state index >= 15 is 0 Å². The van der Waals surface area contributed by atoms with Crippen molar-refractivity contribution < 1.29 is 4.79 Å². The molecule has 1 amide bonds. The molecule has 1 fully saturated rings. The van der Waals surface area contributed by atoms with Crippen LogP contribution in [0.4, 0.5) is 0 Å². The van der Waals surface area contributed by atoms with Gasteiger partial charge in [-0.25, -0.2) is 0 Å². The first-order valence-electron chi connectivity index (χ1n) is 7.49. The topological polar surface area (TPSA) is 55.1 Å². The summed E-state index contributed by atoms with van der Waals surface area (Å²) < 4.78 is 0. The minimum absolute atomic E-state index is 0. The minimum atomic E-state index is -0.312. The number of unbranched alkanes of at least 4 members (excludes halogenated alkanes) is 1. The summed E-state index contributed by atoms with van der Waals surface area (Å²) in [6.45, 7) is 6.69. The molecule has 0 aliphatic heterocycles. The lowest BCUT2D eigenvalue weighted by atomic mass is 9.79. The van der Waals surface area contributed by atoms with Crippen LogP contribution < -0.4 is 11.1 Å². The van der Waals surface area contributed by atoms with E-state index in [1.165, 1.54) is 32.1 Å². The summed E-state index contributed by atoms with van der Waals surface area (Å²) in [7, 11) is 0. The van der Waals surface area contributed by atoms with Crippen molar-refractivity contribution in [3.05, 3.63) is 0 Å². The zero-order valence-corrected chi connectivity index (χ0v) is 13.5. The van der Waals surface area contributed by atoms with Crippen LogP contribution in [0.25, 0.3) is 0 Å². The number of halogens is 1. The molecule has 0 saturated heterocycles. The lowest BCUT2D eigenvalue weighted by Crippen LogP contribution is -2.47. The quantitative estimate of drug-likeness (QED) is 0.789. The zero-order valence-electron chi connectivity index (χ0n) is 12.7. The maximum Gasteiger partial charge on any atom is 0.223 e. The number of nitrogens with two attached hydrogens (primary N) is 1. The zero-order chi connectivity index (χ0) is 13.6. The molecule has 0 aromatic heterocycles. The van der Waals surface area contributed by atoms with Crippen molar-refractivity contribution in [3.8, 4) is 0 Å². The molecule has 0 unspecified atom stereocenters. The smallest absolute Gasteiger partial charge is 0.223 e. The number of amides is 1. The Morgan fingerprint density at radius 1 is 1.26 bits per heavy atom. The van der Waals surface area contributed by atoms with Crippen LogP contribution in [0.2, 0.25) is 0 Å². The Labute approximate surface area is 124 Å². The van der Waals surface area contributed by atoms with E-state index in [4.69, 9.17) is 5.73 Å². The first-order chi connectivity index (χ1) is 8.42. The largest absolute Gasteiger partial charge is 0.354 e. The Bertz CT molecular complexity index is 255. The predicted molar refractivity (Wildman–Crippen MR) is 83.5 cm³/mol. The Hall–Kier alpha value is -0.280. The van der Waals surface area contributed by atoms with E-state index in [1.807, 2.05) is 13.8 Å². The Balaban J connectivity index is 0.00000324. The van der Waals surface area contributed by atoms with E-state index in [1.54, 1.807) is 0 Å². The molecule has 3 nitrogen and oxygen atoms in total. The first kappa shape index (κ1) is 18.7. The van der Waals surface area contributed by atoms with E-state index in [2.05, 4.69) is 12.2 Å². The van der Waals surface area contributed by atoms with Crippen LogP contribution in [0.1, 0.15) is 65.7 Å². The summed E-state index contributed by atoms with van der Waals surface area (Å²) in [6, 6.07) is 0. The van der Waals surface area contributed by atoms with Crippen molar-refractivity contribution in [2.45, 2.75) is 71.3 Å². The predicted octanol–water partition coefficient (Wildman–Crippen LogP) is 3.26. The molecule has 1 aliphatic carbocycles. The van der Waals surface area contributed by atoms with Gasteiger partial charge in [0.2, 0.25) is 5.91 Å². The highest BCUT2D eigenvalue weighted by molar-refractivity contribution is 5.85. The second kappa shape index (κ2) is 8.80. The van der Waals surface area contributed by atoms with Crippen LogP contribution in [0.5, 0.6) is 0 Å². The highest BCUT2D eigenvalue weighted by Crippen LogP contribution is 2.31. The minimum Gasteiger partial charge on any atom is -0.354 e. The monoisotopic (exact) mass is 290 g/mol. The fourth-order valence-corrected chi connectivity index (χ4v) is 2.67. The average molecular weight is 291 g/mol. The van der Waals surface area contributed by atoms with Crippen LogP contribution in [-0.4, -0.2) is 18.0 Å². The van der Waals surface area contributed by atoms with Gasteiger partial charge >= 0.3 is 0 Å². The third-order valence-corrected chi connectivity index (χ3v) is 3.90. The fraction of sp³-hybridized carbons (Fsp3) is 0.933. The van der Waals surface area contributed by atoms with Crippen LogP contribution in [0, 0.1) is 11.8 Å². The first-order valence-corrected chi connectivity index (χ1v) is 7.49. The summed E-state index contributed by atoms with van der Waals surface area (Å²) in [5.74, 6) is 1.30. The number of nitrogens with one attached hydrogen (secondary N) is 1. The molecular weight excluding hydrogens is 260 g/mol. The van der Waals surface area contributed by atoms with Gasteiger partial charge in [-0.3, -0.25) is 4.79 Å². The molecule has 0 bridgehead atoms. The van der Waals surface area contributed by atoms with Gasteiger partial charge in [-0.1, -0.05) is 26.2 Å². The number of carbonyl (C=O) groups is 1. The van der Waals surface area contributed by atoms with Gasteiger partial charge in [0.05, 0.1) is 0 Å². The van der Waals surface area contributed by atoms with E-state index in [0.717, 1.165) is 18.8 Å². The summed E-state index contributed by atoms with van der Waals surface area (Å²) in [6.07, 6.45) is 8.54. The van der Waals surface area contributed by atoms with Gasteiger partial charge in [-0.15, -0.1) is 12.4 Å². The normalized spacial score (nSPS) is 23.6. The van der Waals surface area contributed by atoms with E-state index in [-0.39, 0.29) is 29.8 Å². The Morgan fingerprint density at radius 2 is 1.84 bits per heavy atom. The van der Waals surface area contributed by atoms with Crippen molar-refractivity contribution in [3.63, 3.8) is 0 Å². The number of hydrogen-bond acceptors (Lipinski definition) is 2. The van der Waals surface area contributed by atoms with Crippen molar-refractivity contribution in [1.29, 1.82) is 0 Å². The Morgan fingerprint density at radius 3 is 2.32 bits per heavy atom. The summed E-state index contributed by atoms with van der Waals surface area (Å²) >= 11 is 0. The highest BCUT2D eigenvalue weighted by Gasteiger charge is 2.26. The second-order valence-corrected chi connectivity index (χ2v) is 6.57. The van der Waals surface area contributed by atoms with Crippen molar-refractivity contribution in [2.75, 3.05) is 6.54 Å². The van der Waals surface area contributed by atoms with Gasteiger partial charge < -0.3 is 11.1 Å². The molecule has 0 radical (unpaired) electrons. The number of hydrogen-bond donors (Lipinski definition) is 2. The second-order valence-electron chi connectivity index (χ2n) is 6.57. The van der Waals surface area contributed by atoms with Crippen molar-refractivity contribution >= 4 is 18.3 Å². The lowest BCUT2D eigenvalue weighted by molar-refractivity contribution is -0.126. The standard InChI is InChI=1S/C15H30N2O.ClH/c1-4-5-6-12-7-9-13(10-8-12)14(18)17-11-15(2,3)16;/h12-13H,4-11,16H2,1-3H3,(H,17,18);1H. The molecule has 1 rings (SSSR count). The SMILES string of the molecule is CCCCC1CCC(C(=O)NCC(C)(C)N)CC1.Cl. The molecule has 1 saturated carbocycles. The van der Waals surface area contributed by atoms with E-state index in [0.29, 0.717) is 6.54 Å². The average Bonchev–Trinajstić information content (AvgIpc) is 2.33. The maximum atomic E-state index is 12.0. The summed E-state index contributed by atoms with van der Waals surface area (Å²) in [5.41, 5.74) is 5.56. The van der Waals surface area contributed by atoms with Crippen molar-refractivity contribution in [1.82, 2.24) is 5.32 Å². The van der Waals surface area contributed by atoms with Crippen LogP contribution >= 0.6 is 12.4 Å². The van der Waals surface area contributed by atoms with Crippen LogP contribution in [0.3, 0.4) is 0 Å². The van der Waals surface area contributed by atoms with Gasteiger partial charge in [0.25, 0.3) is 0 Å². The van der Waals surface area contributed by atoms with Gasteiger partial charge in [0.15, 0.2) is 0 Å². The van der Waals surface area contributed by atoms with Crippen LogP contribution in [-0.2, 0) is 4.79 Å². The number of rotatable bonds is 6. The molecule has 0 aromatic rings. The molecule has 1 aliphatic rings. The molecule has 0 heterocycles. The molecule has 114 valence electrons. The molecule has 0 aromatic carbocycles. The fourth-order valence-electron chi connectivity index (χ4n) is 2.67. The third-order valence-electron chi connectivity index (χ3n) is 3.90. The summed E-state index contributed by atoms with van der Waals surface area (Å²) in [5, 5.41) is 2.99. The summed E-state index contributed by atoms with van der Waals surface area (Å²) in [4.78, 5) is 12.0. The number of carbonyl (C=O) groups excluding carboxylic acids is 1. The Kier molecular flexibility index (Phi) is 8.67. The maximum absolute atomic E-state index is 12.0. The van der Waals surface area contributed by atoms with Crippen molar-refractivity contribution in [2.24, 2.45) is 17.6 Å². The van der Waals surface area contributed by atoms with E-state index in [9.17, 15) is 4.79 Å². The van der Waals surface area contributed by atoms with E-state index < -0.39 is 0 Å². The molecular formula is C15H31ClN2O. The molecule has 0 spiro atoms. The van der Waals surface area contributed by atoms with Gasteiger partial charge in [0.1, 0.15) is 0 Å². The van der Waals surface area contributed by atoms with Crippen LogP contribution in [0.15, 0.2) is 0 Å². The lowest BCUT2D eigenvalue weighted by Gasteiger charge is -2.28. The molecule has 3 N–H and O–H groups in total. The molecule has 19 heavy (non-hydrogen) atoms. The van der Waals surface area contributed by atoms with Gasteiger partial charge in [-0.2, -0.15) is 0 Å². The third kappa shape index (κ3) is 7.78. The van der Waals surface area contributed by atoms with Gasteiger partial charge in [0, 0.05) is 18.0 Å². The highest BCUT2D eigenvalue weighted by atomic mass is 35.5. The molecule has 0 atom stereocenters.